The van der Waals surface area contributed by atoms with Crippen LogP contribution in [0.2, 0.25) is 0 Å². The molecule has 116 valence electrons. The maximum absolute atomic E-state index is 11.9. The van der Waals surface area contributed by atoms with E-state index in [0.29, 0.717) is 11.0 Å². The van der Waals surface area contributed by atoms with E-state index in [1.54, 1.807) is 7.05 Å². The molecule has 1 aromatic heterocycles. The van der Waals surface area contributed by atoms with E-state index in [1.165, 1.54) is 53.2 Å². The lowest BCUT2D eigenvalue weighted by molar-refractivity contribution is -0.137. The summed E-state index contributed by atoms with van der Waals surface area (Å²) < 4.78 is 0. The van der Waals surface area contributed by atoms with Gasteiger partial charge in [0, 0.05) is 24.7 Å². The number of rotatable bonds is 5. The Morgan fingerprint density at radius 1 is 1.43 bits per heavy atom. The fourth-order valence-electron chi connectivity index (χ4n) is 2.47. The molecule has 2 rings (SSSR count). The smallest absolute Gasteiger partial charge is 0.323 e. The Morgan fingerprint density at radius 3 is 2.81 bits per heavy atom. The molecule has 0 unspecified atom stereocenters. The zero-order chi connectivity index (χ0) is 15.2. The molecule has 1 heterocycles. The van der Waals surface area contributed by atoms with Gasteiger partial charge in [0.25, 0.3) is 0 Å². The second-order valence-electron chi connectivity index (χ2n) is 5.40. The van der Waals surface area contributed by atoms with Crippen LogP contribution in [0, 0.1) is 0 Å². The summed E-state index contributed by atoms with van der Waals surface area (Å²) in [5, 5.41) is 11.9. The van der Waals surface area contributed by atoms with Gasteiger partial charge in [-0.2, -0.15) is 0 Å². The van der Waals surface area contributed by atoms with Gasteiger partial charge < -0.3 is 10.0 Å². The quantitative estimate of drug-likeness (QED) is 0.875. The van der Waals surface area contributed by atoms with Crippen LogP contribution in [0.4, 0.5) is 9.93 Å². The average molecular weight is 311 g/mol. The highest BCUT2D eigenvalue weighted by atomic mass is 32.1. The van der Waals surface area contributed by atoms with Crippen LogP contribution in [0.1, 0.15) is 49.3 Å². The van der Waals surface area contributed by atoms with Crippen molar-refractivity contribution in [3.63, 3.8) is 0 Å². The van der Waals surface area contributed by atoms with Crippen molar-refractivity contribution in [2.45, 2.75) is 44.4 Å². The van der Waals surface area contributed by atoms with Crippen LogP contribution in [-0.2, 0) is 4.79 Å². The maximum Gasteiger partial charge on any atom is 0.323 e. The third-order valence-corrected chi connectivity index (χ3v) is 4.83. The first kappa shape index (κ1) is 15.8. The third kappa shape index (κ3) is 4.70. The summed E-state index contributed by atoms with van der Waals surface area (Å²) in [7, 11) is 1.58. The molecule has 0 saturated heterocycles. The first-order valence-electron chi connectivity index (χ1n) is 7.26. The van der Waals surface area contributed by atoms with Crippen LogP contribution >= 0.6 is 11.3 Å². The van der Waals surface area contributed by atoms with Crippen LogP contribution in [0.5, 0.6) is 0 Å². The zero-order valence-corrected chi connectivity index (χ0v) is 13.0. The summed E-state index contributed by atoms with van der Waals surface area (Å²) in [5.74, 6) is -0.338. The van der Waals surface area contributed by atoms with Gasteiger partial charge in [-0.15, -0.1) is 11.3 Å². The molecule has 21 heavy (non-hydrogen) atoms. The number of hydrogen-bond acceptors (Lipinski definition) is 4. The number of anilines is 1. The summed E-state index contributed by atoms with van der Waals surface area (Å²) >= 11 is 1.52. The number of amides is 2. The molecule has 1 fully saturated rings. The number of carboxylic acids is 1. The summed E-state index contributed by atoms with van der Waals surface area (Å²) in [5.41, 5.74) is 0. The molecule has 7 heteroatoms. The highest BCUT2D eigenvalue weighted by Gasteiger charge is 2.19. The minimum atomic E-state index is -0.913. The van der Waals surface area contributed by atoms with E-state index in [0.717, 1.165) is 0 Å². The van der Waals surface area contributed by atoms with Crippen molar-refractivity contribution in [1.29, 1.82) is 0 Å². The Morgan fingerprint density at radius 2 is 2.14 bits per heavy atom. The van der Waals surface area contributed by atoms with Crippen LogP contribution < -0.4 is 5.32 Å². The van der Waals surface area contributed by atoms with Gasteiger partial charge in [-0.25, -0.2) is 9.78 Å². The van der Waals surface area contributed by atoms with Crippen LogP contribution in [0.25, 0.3) is 0 Å². The number of carboxylic acid groups (broad SMARTS) is 1. The molecule has 0 atom stereocenters. The molecular weight excluding hydrogens is 290 g/mol. The number of aromatic nitrogens is 1. The van der Waals surface area contributed by atoms with Gasteiger partial charge in [0.15, 0.2) is 5.13 Å². The van der Waals surface area contributed by atoms with E-state index in [2.05, 4.69) is 10.3 Å². The van der Waals surface area contributed by atoms with Crippen molar-refractivity contribution < 1.29 is 14.7 Å². The van der Waals surface area contributed by atoms with Gasteiger partial charge in [-0.3, -0.25) is 10.1 Å². The molecule has 0 aromatic carbocycles. The maximum atomic E-state index is 11.9. The van der Waals surface area contributed by atoms with Crippen molar-refractivity contribution in [1.82, 2.24) is 9.88 Å². The number of carbonyl (C=O) groups excluding carboxylic acids is 1. The highest BCUT2D eigenvalue weighted by Crippen LogP contribution is 2.36. The van der Waals surface area contributed by atoms with Crippen LogP contribution in [0.3, 0.4) is 0 Å². The van der Waals surface area contributed by atoms with Crippen molar-refractivity contribution >= 4 is 28.5 Å². The number of thiazole rings is 1. The molecule has 1 aromatic rings. The van der Waals surface area contributed by atoms with Crippen molar-refractivity contribution in [2.24, 2.45) is 0 Å². The predicted molar refractivity (Wildman–Crippen MR) is 81.8 cm³/mol. The molecule has 2 N–H and O–H groups in total. The lowest BCUT2D eigenvalue weighted by Crippen LogP contribution is -2.33. The Balaban J connectivity index is 1.86. The summed E-state index contributed by atoms with van der Waals surface area (Å²) in [4.78, 5) is 29.2. The molecule has 1 aliphatic carbocycles. The number of hydrogen-bond donors (Lipinski definition) is 2. The van der Waals surface area contributed by atoms with Gasteiger partial charge in [-0.1, -0.05) is 19.3 Å². The average Bonchev–Trinajstić information content (AvgIpc) is 2.94. The van der Waals surface area contributed by atoms with E-state index < -0.39 is 5.97 Å². The van der Waals surface area contributed by atoms with E-state index >= 15 is 0 Å². The highest BCUT2D eigenvalue weighted by molar-refractivity contribution is 7.15. The van der Waals surface area contributed by atoms with Gasteiger partial charge in [0.1, 0.15) is 0 Å². The summed E-state index contributed by atoms with van der Waals surface area (Å²) in [6, 6.07) is -0.319. The second-order valence-corrected chi connectivity index (χ2v) is 6.46. The number of urea groups is 1. The SMILES string of the molecule is CN(CCC(=O)O)C(=O)Nc1ncc(C2CCCCC2)s1. The van der Waals surface area contributed by atoms with Gasteiger partial charge in [0.2, 0.25) is 0 Å². The molecule has 0 bridgehead atoms. The molecule has 2 amide bonds. The minimum Gasteiger partial charge on any atom is -0.481 e. The van der Waals surface area contributed by atoms with E-state index in [4.69, 9.17) is 5.11 Å². The molecule has 0 aliphatic heterocycles. The number of nitrogens with zero attached hydrogens (tertiary/aromatic N) is 2. The van der Waals surface area contributed by atoms with Crippen molar-refractivity contribution in [3.8, 4) is 0 Å². The molecule has 1 aliphatic rings. The topological polar surface area (TPSA) is 82.5 Å². The fourth-order valence-corrected chi connectivity index (χ4v) is 3.45. The minimum absolute atomic E-state index is 0.0604. The monoisotopic (exact) mass is 311 g/mol. The van der Waals surface area contributed by atoms with Crippen molar-refractivity contribution in [3.05, 3.63) is 11.1 Å². The molecule has 6 nitrogen and oxygen atoms in total. The third-order valence-electron chi connectivity index (χ3n) is 3.75. The van der Waals surface area contributed by atoms with Gasteiger partial charge >= 0.3 is 12.0 Å². The first-order valence-corrected chi connectivity index (χ1v) is 8.07. The van der Waals surface area contributed by atoms with E-state index in [1.807, 2.05) is 6.20 Å². The Hall–Kier alpha value is -1.63. The normalized spacial score (nSPS) is 15.7. The first-order chi connectivity index (χ1) is 10.1. The predicted octanol–water partition coefficient (Wildman–Crippen LogP) is 3.13. The molecule has 0 radical (unpaired) electrons. The second kappa shape index (κ2) is 7.40. The standard InChI is InChI=1S/C14H21N3O3S/c1-17(8-7-12(18)19)14(20)16-13-15-9-11(21-13)10-5-3-2-4-6-10/h9-10H,2-8H2,1H3,(H,18,19)(H,15,16,20). The van der Waals surface area contributed by atoms with Crippen LogP contribution in [-0.4, -0.2) is 40.6 Å². The molecular formula is C14H21N3O3S. The van der Waals surface area contributed by atoms with Crippen molar-refractivity contribution in [2.75, 3.05) is 18.9 Å². The fraction of sp³-hybridized carbons (Fsp3) is 0.643. The number of carbonyl (C=O) groups is 2. The molecule has 0 spiro atoms. The van der Waals surface area contributed by atoms with Gasteiger partial charge in [-0.05, 0) is 18.8 Å². The Labute approximate surface area is 128 Å². The van der Waals surface area contributed by atoms with E-state index in [-0.39, 0.29) is 19.0 Å². The van der Waals surface area contributed by atoms with Crippen LogP contribution in [0.15, 0.2) is 6.20 Å². The lowest BCUT2D eigenvalue weighted by Gasteiger charge is -2.19. The zero-order valence-electron chi connectivity index (χ0n) is 12.2. The Bertz CT molecular complexity index is 497. The number of aliphatic carboxylic acids is 1. The summed E-state index contributed by atoms with van der Waals surface area (Å²) in [6.45, 7) is 0.183. The summed E-state index contributed by atoms with van der Waals surface area (Å²) in [6.07, 6.45) is 8.04. The Kier molecular flexibility index (Phi) is 5.55. The number of nitrogens with one attached hydrogen (secondary N) is 1. The largest absolute Gasteiger partial charge is 0.481 e. The lowest BCUT2D eigenvalue weighted by atomic mass is 9.89. The van der Waals surface area contributed by atoms with E-state index in [9.17, 15) is 9.59 Å². The molecule has 1 saturated carbocycles. The van der Waals surface area contributed by atoms with Gasteiger partial charge in [0.05, 0.1) is 6.42 Å².